The molecule has 1 aromatic carbocycles. The summed E-state index contributed by atoms with van der Waals surface area (Å²) < 4.78 is 41.9. The molecule has 0 aliphatic heterocycles. The number of aryl methyl sites for hydroxylation is 1. The molecule has 6 nitrogen and oxygen atoms in total. The highest BCUT2D eigenvalue weighted by molar-refractivity contribution is 14.0. The number of nitrogens with one attached hydrogen (secondary N) is 2. The van der Waals surface area contributed by atoms with E-state index in [1.165, 1.54) is 12.1 Å². The molecule has 178 valence electrons. The molecule has 3 rings (SSSR count). The molecule has 1 aliphatic rings. The van der Waals surface area contributed by atoms with Crippen molar-refractivity contribution >= 4 is 29.9 Å². The minimum Gasteiger partial charge on any atom is -0.357 e. The van der Waals surface area contributed by atoms with Gasteiger partial charge in [-0.2, -0.15) is 13.2 Å². The van der Waals surface area contributed by atoms with Gasteiger partial charge in [-0.25, -0.2) is 4.99 Å². The van der Waals surface area contributed by atoms with Gasteiger partial charge in [0.15, 0.2) is 11.8 Å². The summed E-state index contributed by atoms with van der Waals surface area (Å²) in [4.78, 5) is 4.62. The summed E-state index contributed by atoms with van der Waals surface area (Å²) in [6, 6.07) is 5.81. The van der Waals surface area contributed by atoms with Gasteiger partial charge in [-0.05, 0) is 38.3 Å². The molecule has 1 aliphatic carbocycles. The van der Waals surface area contributed by atoms with Crippen molar-refractivity contribution in [2.45, 2.75) is 70.6 Å². The highest BCUT2D eigenvalue weighted by Crippen LogP contribution is 2.41. The van der Waals surface area contributed by atoms with Gasteiger partial charge in [0.2, 0.25) is 0 Å². The molecule has 10 heteroatoms. The maximum Gasteiger partial charge on any atom is 0.416 e. The summed E-state index contributed by atoms with van der Waals surface area (Å²) in [5, 5.41) is 14.6. The predicted octanol–water partition coefficient (Wildman–Crippen LogP) is 4.89. The number of halogens is 4. The fourth-order valence-corrected chi connectivity index (χ4v) is 4.23. The minimum absolute atomic E-state index is 0. The molecule has 1 aromatic heterocycles. The van der Waals surface area contributed by atoms with Crippen LogP contribution in [0.1, 0.15) is 62.9 Å². The molecule has 0 amide bonds. The van der Waals surface area contributed by atoms with Gasteiger partial charge in [0.25, 0.3) is 0 Å². The second kappa shape index (κ2) is 11.9. The highest BCUT2D eigenvalue weighted by Gasteiger charge is 2.37. The smallest absolute Gasteiger partial charge is 0.357 e. The van der Waals surface area contributed by atoms with E-state index < -0.39 is 11.7 Å². The molecule has 0 atom stereocenters. The fourth-order valence-electron chi connectivity index (χ4n) is 4.23. The average Bonchev–Trinajstić information content (AvgIpc) is 3.23. The molecular formula is C22H32F3IN6. The molecule has 2 aromatic rings. The first-order valence-corrected chi connectivity index (χ1v) is 10.9. The Morgan fingerprint density at radius 2 is 1.91 bits per heavy atom. The molecule has 1 heterocycles. The normalized spacial score (nSPS) is 16.3. The molecule has 0 saturated heterocycles. The number of hydrogen-bond donors (Lipinski definition) is 2. The Hall–Kier alpha value is -1.85. The summed E-state index contributed by atoms with van der Waals surface area (Å²) in [5.41, 5.74) is -0.190. The summed E-state index contributed by atoms with van der Waals surface area (Å²) >= 11 is 0. The molecule has 0 radical (unpaired) electrons. The number of alkyl halides is 3. The molecule has 32 heavy (non-hydrogen) atoms. The van der Waals surface area contributed by atoms with E-state index in [0.717, 1.165) is 56.1 Å². The van der Waals surface area contributed by atoms with Gasteiger partial charge in [0.1, 0.15) is 12.9 Å². The van der Waals surface area contributed by atoms with Crippen LogP contribution < -0.4 is 10.6 Å². The van der Waals surface area contributed by atoms with Crippen molar-refractivity contribution in [3.05, 3.63) is 47.5 Å². The SMILES string of the molecule is CCNC(=NCc1nncn1CC)NCC1(c2cccc(C(F)(F)F)c2)CCCCC1.I. The molecule has 0 bridgehead atoms. The zero-order chi connectivity index (χ0) is 22.3. The quantitative estimate of drug-likeness (QED) is 0.286. The fraction of sp³-hybridized carbons (Fsp3) is 0.591. The van der Waals surface area contributed by atoms with Crippen molar-refractivity contribution < 1.29 is 13.2 Å². The van der Waals surface area contributed by atoms with Crippen molar-refractivity contribution in [3.63, 3.8) is 0 Å². The maximum atomic E-state index is 13.3. The van der Waals surface area contributed by atoms with Crippen molar-refractivity contribution in [3.8, 4) is 0 Å². The first kappa shape index (κ1) is 26.4. The number of aliphatic imine (C=N–C) groups is 1. The van der Waals surface area contributed by atoms with E-state index in [0.29, 0.717) is 25.6 Å². The van der Waals surface area contributed by atoms with Gasteiger partial charge in [-0.15, -0.1) is 34.2 Å². The van der Waals surface area contributed by atoms with Gasteiger partial charge in [-0.3, -0.25) is 0 Å². The lowest BCUT2D eigenvalue weighted by Gasteiger charge is -2.38. The van der Waals surface area contributed by atoms with Crippen LogP contribution in [-0.4, -0.2) is 33.8 Å². The minimum atomic E-state index is -4.34. The standard InChI is InChI=1S/C22H31F3N6.HI/c1-3-26-20(27-14-19-30-29-16-31(19)4-2)28-15-21(11-6-5-7-12-21)17-9-8-10-18(13-17)22(23,24)25;/h8-10,13,16H,3-7,11-12,14-15H2,1-2H3,(H2,26,27,28);1H. The van der Waals surface area contributed by atoms with Crippen LogP contribution in [0.3, 0.4) is 0 Å². The lowest BCUT2D eigenvalue weighted by Crippen LogP contribution is -2.46. The number of aromatic nitrogens is 3. The van der Waals surface area contributed by atoms with E-state index in [-0.39, 0.29) is 29.4 Å². The van der Waals surface area contributed by atoms with Crippen LogP contribution >= 0.6 is 24.0 Å². The lowest BCUT2D eigenvalue weighted by molar-refractivity contribution is -0.137. The predicted molar refractivity (Wildman–Crippen MR) is 130 cm³/mol. The number of hydrogen-bond acceptors (Lipinski definition) is 3. The number of benzene rings is 1. The molecule has 1 fully saturated rings. The van der Waals surface area contributed by atoms with Crippen molar-refractivity contribution in [1.82, 2.24) is 25.4 Å². The van der Waals surface area contributed by atoms with Crippen molar-refractivity contribution in [2.75, 3.05) is 13.1 Å². The van der Waals surface area contributed by atoms with E-state index in [4.69, 9.17) is 0 Å². The first-order valence-electron chi connectivity index (χ1n) is 10.9. The molecule has 2 N–H and O–H groups in total. The van der Waals surface area contributed by atoms with Gasteiger partial charge < -0.3 is 15.2 Å². The third-order valence-corrected chi connectivity index (χ3v) is 5.97. The largest absolute Gasteiger partial charge is 0.416 e. The summed E-state index contributed by atoms with van der Waals surface area (Å²) in [5.74, 6) is 1.40. The molecule has 1 saturated carbocycles. The summed E-state index contributed by atoms with van der Waals surface area (Å²) in [7, 11) is 0. The van der Waals surface area contributed by atoms with Gasteiger partial charge >= 0.3 is 6.18 Å². The first-order chi connectivity index (χ1) is 14.9. The van der Waals surface area contributed by atoms with Crippen LogP contribution in [0.15, 0.2) is 35.6 Å². The van der Waals surface area contributed by atoms with Crippen LogP contribution in [0.5, 0.6) is 0 Å². The summed E-state index contributed by atoms with van der Waals surface area (Å²) in [6.45, 7) is 6.35. The third-order valence-electron chi connectivity index (χ3n) is 5.97. The van der Waals surface area contributed by atoms with Crippen LogP contribution in [0.4, 0.5) is 13.2 Å². The van der Waals surface area contributed by atoms with Gasteiger partial charge in [-0.1, -0.05) is 37.5 Å². The van der Waals surface area contributed by atoms with E-state index in [1.807, 2.05) is 24.5 Å². The van der Waals surface area contributed by atoms with E-state index in [9.17, 15) is 13.2 Å². The van der Waals surface area contributed by atoms with E-state index in [1.54, 1.807) is 6.33 Å². The van der Waals surface area contributed by atoms with Crippen LogP contribution in [0.25, 0.3) is 0 Å². The monoisotopic (exact) mass is 564 g/mol. The van der Waals surface area contributed by atoms with Gasteiger partial charge in [0.05, 0.1) is 5.56 Å². The van der Waals surface area contributed by atoms with Crippen LogP contribution in [-0.2, 0) is 24.7 Å². The average molecular weight is 564 g/mol. The van der Waals surface area contributed by atoms with Crippen molar-refractivity contribution in [2.24, 2.45) is 4.99 Å². The van der Waals surface area contributed by atoms with E-state index >= 15 is 0 Å². The number of guanidine groups is 1. The Bertz CT molecular complexity index is 875. The third kappa shape index (κ3) is 6.58. The Morgan fingerprint density at radius 1 is 1.16 bits per heavy atom. The Kier molecular flexibility index (Phi) is 9.78. The zero-order valence-electron chi connectivity index (χ0n) is 18.6. The van der Waals surface area contributed by atoms with Gasteiger partial charge in [0, 0.05) is 25.0 Å². The van der Waals surface area contributed by atoms with E-state index in [2.05, 4.69) is 25.8 Å². The zero-order valence-corrected chi connectivity index (χ0v) is 20.9. The molecule has 0 unspecified atom stereocenters. The second-order valence-electron chi connectivity index (χ2n) is 8.00. The molecular weight excluding hydrogens is 532 g/mol. The Labute approximate surface area is 204 Å². The van der Waals surface area contributed by atoms with Crippen LogP contribution in [0.2, 0.25) is 0 Å². The highest BCUT2D eigenvalue weighted by atomic mass is 127. The number of nitrogens with zero attached hydrogens (tertiary/aromatic N) is 4. The Morgan fingerprint density at radius 3 is 2.56 bits per heavy atom. The van der Waals surface area contributed by atoms with Crippen LogP contribution in [0, 0.1) is 0 Å². The lowest BCUT2D eigenvalue weighted by atomic mass is 9.69. The maximum absolute atomic E-state index is 13.3. The topological polar surface area (TPSA) is 67.1 Å². The number of rotatable bonds is 7. The summed E-state index contributed by atoms with van der Waals surface area (Å²) in [6.07, 6.45) is 2.16. The Balaban J connectivity index is 0.00000363. The molecule has 0 spiro atoms. The second-order valence-corrected chi connectivity index (χ2v) is 8.00. The van der Waals surface area contributed by atoms with Crippen molar-refractivity contribution in [1.29, 1.82) is 0 Å².